The second-order valence-electron chi connectivity index (χ2n) is 6.82. The lowest BCUT2D eigenvalue weighted by atomic mass is 10.2. The molecule has 2 fully saturated rings. The third-order valence-electron chi connectivity index (χ3n) is 4.93. The van der Waals surface area contributed by atoms with Gasteiger partial charge in [0.1, 0.15) is 11.9 Å². The van der Waals surface area contributed by atoms with Crippen LogP contribution in [0, 0.1) is 5.82 Å². The molecule has 2 aromatic rings. The van der Waals surface area contributed by atoms with E-state index in [1.165, 1.54) is 23.9 Å². The number of imidazole rings is 1. The lowest BCUT2D eigenvalue weighted by molar-refractivity contribution is -0.135. The van der Waals surface area contributed by atoms with E-state index in [4.69, 9.17) is 0 Å². The van der Waals surface area contributed by atoms with Crippen molar-refractivity contribution in [1.82, 2.24) is 14.5 Å². The van der Waals surface area contributed by atoms with Crippen molar-refractivity contribution in [2.24, 2.45) is 7.05 Å². The van der Waals surface area contributed by atoms with Crippen molar-refractivity contribution >= 4 is 41.0 Å². The number of thioether (sulfide) groups is 1. The molecule has 3 heterocycles. The number of amides is 2. The Kier molecular flexibility index (Phi) is 4.67. The SMILES string of the molecule is Cn1ccnc1Sc1ccc(F)cc1NC(=O)C1CSC2(C)CCC(=O)N12. The van der Waals surface area contributed by atoms with Crippen molar-refractivity contribution in [3.05, 3.63) is 36.4 Å². The first-order valence-corrected chi connectivity index (χ1v) is 10.4. The van der Waals surface area contributed by atoms with Crippen LogP contribution in [0.25, 0.3) is 0 Å². The molecule has 0 radical (unpaired) electrons. The molecular weight excluding hydrogens is 387 g/mol. The normalized spacial score (nSPS) is 24.3. The first-order valence-electron chi connectivity index (χ1n) is 8.59. The van der Waals surface area contributed by atoms with Gasteiger partial charge in [0.05, 0.1) is 10.6 Å². The van der Waals surface area contributed by atoms with Crippen molar-refractivity contribution in [2.45, 2.75) is 40.7 Å². The van der Waals surface area contributed by atoms with Crippen molar-refractivity contribution in [3.8, 4) is 0 Å². The van der Waals surface area contributed by atoms with Crippen molar-refractivity contribution in [1.29, 1.82) is 0 Å². The van der Waals surface area contributed by atoms with Gasteiger partial charge in [-0.05, 0) is 43.3 Å². The second kappa shape index (κ2) is 6.87. The van der Waals surface area contributed by atoms with Gasteiger partial charge in [-0.15, -0.1) is 11.8 Å². The van der Waals surface area contributed by atoms with Gasteiger partial charge in [-0.25, -0.2) is 9.37 Å². The number of aromatic nitrogens is 2. The maximum Gasteiger partial charge on any atom is 0.248 e. The highest BCUT2D eigenvalue weighted by Crippen LogP contribution is 2.47. The number of aryl methyl sites for hydroxylation is 1. The predicted octanol–water partition coefficient (Wildman–Crippen LogP) is 3.10. The minimum absolute atomic E-state index is 0.00417. The van der Waals surface area contributed by atoms with Gasteiger partial charge < -0.3 is 14.8 Å². The summed E-state index contributed by atoms with van der Waals surface area (Å²) in [4.78, 5) is 31.5. The monoisotopic (exact) mass is 406 g/mol. The van der Waals surface area contributed by atoms with Crippen LogP contribution in [0.3, 0.4) is 0 Å². The summed E-state index contributed by atoms with van der Waals surface area (Å²) in [5.41, 5.74) is 0.387. The Hall–Kier alpha value is -2.00. The molecule has 6 nitrogen and oxygen atoms in total. The highest BCUT2D eigenvalue weighted by Gasteiger charge is 2.52. The van der Waals surface area contributed by atoms with E-state index in [0.29, 0.717) is 22.8 Å². The number of benzene rings is 1. The highest BCUT2D eigenvalue weighted by molar-refractivity contribution is 8.01. The predicted molar refractivity (Wildman–Crippen MR) is 103 cm³/mol. The van der Waals surface area contributed by atoms with Crippen molar-refractivity contribution < 1.29 is 14.0 Å². The fourth-order valence-electron chi connectivity index (χ4n) is 3.47. The first-order chi connectivity index (χ1) is 12.9. The summed E-state index contributed by atoms with van der Waals surface area (Å²) in [6.07, 6.45) is 4.72. The van der Waals surface area contributed by atoms with Crippen LogP contribution in [-0.2, 0) is 16.6 Å². The zero-order valence-corrected chi connectivity index (χ0v) is 16.6. The number of nitrogens with zero attached hydrogens (tertiary/aromatic N) is 3. The summed E-state index contributed by atoms with van der Waals surface area (Å²) in [5.74, 6) is -0.166. The molecule has 2 aliphatic rings. The number of hydrogen-bond donors (Lipinski definition) is 1. The van der Waals surface area contributed by atoms with Gasteiger partial charge in [-0.3, -0.25) is 9.59 Å². The molecule has 4 rings (SSSR count). The third kappa shape index (κ3) is 3.34. The Balaban J connectivity index is 1.57. The Labute approximate surface area is 164 Å². The van der Waals surface area contributed by atoms with Gasteiger partial charge in [0, 0.05) is 36.5 Å². The molecule has 2 saturated heterocycles. The molecule has 0 bridgehead atoms. The fraction of sp³-hybridized carbons (Fsp3) is 0.389. The first kappa shape index (κ1) is 18.4. The smallest absolute Gasteiger partial charge is 0.248 e. The molecule has 0 saturated carbocycles. The molecule has 2 amide bonds. The Morgan fingerprint density at radius 2 is 2.30 bits per heavy atom. The van der Waals surface area contributed by atoms with E-state index in [-0.39, 0.29) is 16.7 Å². The Bertz CT molecular complexity index is 919. The van der Waals surface area contributed by atoms with E-state index in [1.54, 1.807) is 28.9 Å². The number of carbonyl (C=O) groups is 2. The van der Waals surface area contributed by atoms with Crippen LogP contribution in [-0.4, -0.2) is 42.9 Å². The molecule has 2 unspecified atom stereocenters. The van der Waals surface area contributed by atoms with Gasteiger partial charge >= 0.3 is 0 Å². The number of halogens is 1. The van der Waals surface area contributed by atoms with Crippen LogP contribution in [0.4, 0.5) is 10.1 Å². The fourth-order valence-corrected chi connectivity index (χ4v) is 5.77. The lowest BCUT2D eigenvalue weighted by Crippen LogP contribution is -2.48. The molecule has 9 heteroatoms. The average molecular weight is 407 g/mol. The third-order valence-corrected chi connectivity index (χ3v) is 7.58. The molecule has 0 aliphatic carbocycles. The number of rotatable bonds is 4. The molecule has 2 aliphatic heterocycles. The summed E-state index contributed by atoms with van der Waals surface area (Å²) in [6, 6.07) is 3.74. The zero-order chi connectivity index (χ0) is 19.2. The van der Waals surface area contributed by atoms with Crippen LogP contribution in [0.1, 0.15) is 19.8 Å². The van der Waals surface area contributed by atoms with Gasteiger partial charge in [-0.2, -0.15) is 0 Å². The van der Waals surface area contributed by atoms with E-state index >= 15 is 0 Å². The van der Waals surface area contributed by atoms with Crippen LogP contribution >= 0.6 is 23.5 Å². The summed E-state index contributed by atoms with van der Waals surface area (Å²) in [7, 11) is 1.87. The van der Waals surface area contributed by atoms with E-state index < -0.39 is 11.9 Å². The molecular formula is C18H19FN4O2S2. The number of carbonyl (C=O) groups excluding carboxylic acids is 2. The number of anilines is 1. The Morgan fingerprint density at radius 1 is 1.48 bits per heavy atom. The lowest BCUT2D eigenvalue weighted by Gasteiger charge is -2.30. The molecule has 1 aromatic heterocycles. The van der Waals surface area contributed by atoms with Gasteiger partial charge in [0.2, 0.25) is 11.8 Å². The van der Waals surface area contributed by atoms with Gasteiger partial charge in [-0.1, -0.05) is 0 Å². The van der Waals surface area contributed by atoms with E-state index in [9.17, 15) is 14.0 Å². The average Bonchev–Trinajstić information content (AvgIpc) is 3.26. The zero-order valence-electron chi connectivity index (χ0n) is 14.9. The standard InChI is InChI=1S/C18H19FN4O2S2/c1-18-6-5-15(24)23(18)13(10-26-18)16(25)21-12-9-11(19)3-4-14(12)27-17-20-7-8-22(17)2/h3-4,7-9,13H,5-6,10H2,1-2H3,(H,21,25). The summed E-state index contributed by atoms with van der Waals surface area (Å²) in [6.45, 7) is 2.00. The molecule has 2 atom stereocenters. The van der Waals surface area contributed by atoms with Crippen LogP contribution < -0.4 is 5.32 Å². The second-order valence-corrected chi connectivity index (χ2v) is 9.33. The summed E-state index contributed by atoms with van der Waals surface area (Å²) in [5, 5.41) is 3.56. The highest BCUT2D eigenvalue weighted by atomic mass is 32.2. The number of fused-ring (bicyclic) bond motifs is 1. The molecule has 27 heavy (non-hydrogen) atoms. The van der Waals surface area contributed by atoms with Crippen molar-refractivity contribution in [2.75, 3.05) is 11.1 Å². The summed E-state index contributed by atoms with van der Waals surface area (Å²) >= 11 is 2.98. The minimum Gasteiger partial charge on any atom is -0.329 e. The van der Waals surface area contributed by atoms with Crippen LogP contribution in [0.15, 0.2) is 40.6 Å². The molecule has 1 aromatic carbocycles. The molecule has 1 N–H and O–H groups in total. The maximum atomic E-state index is 13.8. The van der Waals surface area contributed by atoms with Gasteiger partial charge in [0.25, 0.3) is 0 Å². The topological polar surface area (TPSA) is 67.2 Å². The summed E-state index contributed by atoms with van der Waals surface area (Å²) < 4.78 is 15.7. The maximum absolute atomic E-state index is 13.8. The van der Waals surface area contributed by atoms with E-state index in [2.05, 4.69) is 10.3 Å². The van der Waals surface area contributed by atoms with Gasteiger partial charge in [0.15, 0.2) is 5.16 Å². The Morgan fingerprint density at radius 3 is 3.04 bits per heavy atom. The number of hydrogen-bond acceptors (Lipinski definition) is 5. The number of nitrogens with one attached hydrogen (secondary N) is 1. The molecule has 142 valence electrons. The van der Waals surface area contributed by atoms with Crippen molar-refractivity contribution in [3.63, 3.8) is 0 Å². The van der Waals surface area contributed by atoms with E-state index in [0.717, 1.165) is 11.6 Å². The van der Waals surface area contributed by atoms with Crippen LogP contribution in [0.2, 0.25) is 0 Å². The quantitative estimate of drug-likeness (QED) is 0.845. The minimum atomic E-state index is -0.538. The largest absolute Gasteiger partial charge is 0.329 e. The van der Waals surface area contributed by atoms with Crippen LogP contribution in [0.5, 0.6) is 0 Å². The molecule has 0 spiro atoms. The van der Waals surface area contributed by atoms with E-state index in [1.807, 2.05) is 24.7 Å².